The molecule has 0 saturated carbocycles. The van der Waals surface area contributed by atoms with Gasteiger partial charge >= 0.3 is 6.03 Å². The average Bonchev–Trinajstić information content (AvgIpc) is 2.88. The molecule has 3 aromatic rings. The van der Waals surface area contributed by atoms with E-state index in [4.69, 9.17) is 44.3 Å². The Kier molecular flexibility index (Phi) is 8.94. The zero-order valence-corrected chi connectivity index (χ0v) is 22.6. The third-order valence-corrected chi connectivity index (χ3v) is 6.46. The number of nitrogens with one attached hydrogen (secondary N) is 1. The van der Waals surface area contributed by atoms with Gasteiger partial charge in [-0.15, -0.1) is 0 Å². The molecule has 1 fully saturated rings. The lowest BCUT2D eigenvalue weighted by Crippen LogP contribution is -2.54. The number of anilines is 1. The molecule has 38 heavy (non-hydrogen) atoms. The Morgan fingerprint density at radius 1 is 0.895 bits per heavy atom. The van der Waals surface area contributed by atoms with Crippen LogP contribution in [-0.2, 0) is 16.2 Å². The fourth-order valence-corrected chi connectivity index (χ4v) is 4.27. The van der Waals surface area contributed by atoms with E-state index in [1.54, 1.807) is 60.7 Å². The van der Waals surface area contributed by atoms with Crippen LogP contribution in [0.5, 0.6) is 11.5 Å². The number of imide groups is 2. The smallest absolute Gasteiger partial charge is 0.335 e. The summed E-state index contributed by atoms with van der Waals surface area (Å²) in [6.45, 7) is 2.73. The number of urea groups is 1. The van der Waals surface area contributed by atoms with Gasteiger partial charge in [0.1, 0.15) is 23.7 Å². The van der Waals surface area contributed by atoms with Crippen molar-refractivity contribution < 1.29 is 23.9 Å². The molecular weight excluding hydrogens is 551 g/mol. The van der Waals surface area contributed by atoms with Crippen LogP contribution in [0.15, 0.2) is 66.2 Å². The van der Waals surface area contributed by atoms with Crippen molar-refractivity contribution in [1.82, 2.24) is 5.32 Å². The number of carbonyl (C=O) groups excluding carboxylic acids is 3. The van der Waals surface area contributed by atoms with E-state index in [2.05, 4.69) is 12.2 Å². The molecule has 10 heteroatoms. The van der Waals surface area contributed by atoms with Crippen LogP contribution in [0.3, 0.4) is 0 Å². The normalized spacial score (nSPS) is 14.6. The molecule has 7 nitrogen and oxygen atoms in total. The van der Waals surface area contributed by atoms with E-state index in [1.165, 1.54) is 6.08 Å². The van der Waals surface area contributed by atoms with Crippen LogP contribution in [0.2, 0.25) is 15.1 Å². The number of hydrogen-bond donors (Lipinski definition) is 1. The van der Waals surface area contributed by atoms with E-state index in [9.17, 15) is 14.4 Å². The standard InChI is InChI=1S/C28H23Cl3N2O5/c1-2-3-12-37-22-9-7-21(8-10-22)33-27(35)23(26(34)32-28(33)36)14-18-13-19(29)6-11-25(18)38-16-17-4-5-20(30)15-24(17)31/h4-11,13-15H,2-3,12,16H2,1H3,(H,32,34,36)/b23-14-. The molecule has 1 aliphatic heterocycles. The van der Waals surface area contributed by atoms with Crippen LogP contribution in [0.25, 0.3) is 6.08 Å². The predicted molar refractivity (Wildman–Crippen MR) is 148 cm³/mol. The lowest BCUT2D eigenvalue weighted by molar-refractivity contribution is -0.122. The highest BCUT2D eigenvalue weighted by Gasteiger charge is 2.37. The SMILES string of the molecule is CCCCOc1ccc(N2C(=O)NC(=O)/C(=C/c3cc(Cl)ccc3OCc3ccc(Cl)cc3Cl)C2=O)cc1. The predicted octanol–water partition coefficient (Wildman–Crippen LogP) is 7.07. The molecular formula is C28H23Cl3N2O5. The molecule has 0 bridgehead atoms. The number of carbonyl (C=O) groups is 3. The first kappa shape index (κ1) is 27.5. The first-order valence-electron chi connectivity index (χ1n) is 11.8. The number of unbranched alkanes of at least 4 members (excludes halogenated alkanes) is 1. The van der Waals surface area contributed by atoms with E-state index in [0.717, 1.165) is 17.7 Å². The average molecular weight is 574 g/mol. The monoisotopic (exact) mass is 572 g/mol. The van der Waals surface area contributed by atoms with E-state index >= 15 is 0 Å². The van der Waals surface area contributed by atoms with Crippen molar-refractivity contribution in [2.75, 3.05) is 11.5 Å². The summed E-state index contributed by atoms with van der Waals surface area (Å²) in [5, 5.41) is 3.51. The fourth-order valence-electron chi connectivity index (χ4n) is 3.63. The van der Waals surface area contributed by atoms with Gasteiger partial charge in [0, 0.05) is 26.2 Å². The summed E-state index contributed by atoms with van der Waals surface area (Å²) >= 11 is 18.4. The van der Waals surface area contributed by atoms with Crippen molar-refractivity contribution in [1.29, 1.82) is 0 Å². The summed E-state index contributed by atoms with van der Waals surface area (Å²) < 4.78 is 11.6. The lowest BCUT2D eigenvalue weighted by atomic mass is 10.1. The van der Waals surface area contributed by atoms with Crippen LogP contribution in [0.4, 0.5) is 10.5 Å². The summed E-state index contributed by atoms with van der Waals surface area (Å²) in [6.07, 6.45) is 3.24. The highest BCUT2D eigenvalue weighted by Crippen LogP contribution is 2.30. The molecule has 4 rings (SSSR count). The van der Waals surface area contributed by atoms with E-state index in [-0.39, 0.29) is 17.9 Å². The topological polar surface area (TPSA) is 84.9 Å². The zero-order valence-electron chi connectivity index (χ0n) is 20.3. The highest BCUT2D eigenvalue weighted by atomic mass is 35.5. The van der Waals surface area contributed by atoms with Gasteiger partial charge in [0.2, 0.25) is 0 Å². The zero-order chi connectivity index (χ0) is 27.2. The van der Waals surface area contributed by atoms with Gasteiger partial charge in [0.05, 0.1) is 12.3 Å². The molecule has 196 valence electrons. The van der Waals surface area contributed by atoms with Gasteiger partial charge in [-0.25, -0.2) is 9.69 Å². The number of rotatable bonds is 9. The van der Waals surface area contributed by atoms with Crippen molar-refractivity contribution in [2.45, 2.75) is 26.4 Å². The maximum absolute atomic E-state index is 13.3. The molecule has 1 saturated heterocycles. The summed E-state index contributed by atoms with van der Waals surface area (Å²) in [5.41, 5.74) is 1.09. The molecule has 1 aliphatic rings. The van der Waals surface area contributed by atoms with Crippen LogP contribution in [0, 0.1) is 0 Å². The third-order valence-electron chi connectivity index (χ3n) is 5.63. The number of barbiturate groups is 1. The minimum absolute atomic E-state index is 0.102. The van der Waals surface area contributed by atoms with Crippen LogP contribution < -0.4 is 19.7 Å². The first-order valence-corrected chi connectivity index (χ1v) is 12.9. The van der Waals surface area contributed by atoms with Gasteiger partial charge in [-0.05, 0) is 67.1 Å². The number of benzene rings is 3. The Hall–Kier alpha value is -3.52. The number of amides is 4. The van der Waals surface area contributed by atoms with Gasteiger partial charge < -0.3 is 9.47 Å². The quantitative estimate of drug-likeness (QED) is 0.168. The Morgan fingerprint density at radius 3 is 2.32 bits per heavy atom. The van der Waals surface area contributed by atoms with Crippen molar-refractivity contribution in [3.8, 4) is 11.5 Å². The maximum atomic E-state index is 13.3. The molecule has 0 spiro atoms. The molecule has 4 amide bonds. The minimum atomic E-state index is -0.850. The van der Waals surface area contributed by atoms with Crippen LogP contribution in [-0.4, -0.2) is 24.5 Å². The second-order valence-corrected chi connectivity index (χ2v) is 9.64. The molecule has 0 unspecified atom stereocenters. The summed E-state index contributed by atoms with van der Waals surface area (Å²) in [6, 6.07) is 15.5. The van der Waals surface area contributed by atoms with Gasteiger partial charge in [0.25, 0.3) is 11.8 Å². The first-order chi connectivity index (χ1) is 18.3. The van der Waals surface area contributed by atoms with E-state index in [0.29, 0.717) is 44.3 Å². The molecule has 3 aromatic carbocycles. The Morgan fingerprint density at radius 2 is 1.61 bits per heavy atom. The van der Waals surface area contributed by atoms with Gasteiger partial charge in [-0.3, -0.25) is 14.9 Å². The van der Waals surface area contributed by atoms with Gasteiger partial charge in [0.15, 0.2) is 0 Å². The number of halogens is 3. The number of hydrogen-bond acceptors (Lipinski definition) is 5. The van der Waals surface area contributed by atoms with Crippen molar-refractivity contribution in [3.63, 3.8) is 0 Å². The van der Waals surface area contributed by atoms with Crippen molar-refractivity contribution >= 4 is 64.4 Å². The summed E-state index contributed by atoms with van der Waals surface area (Å²) in [4.78, 5) is 39.5. The second-order valence-electron chi connectivity index (χ2n) is 8.36. The van der Waals surface area contributed by atoms with E-state index in [1.807, 2.05) is 0 Å². The molecule has 0 aliphatic carbocycles. The third kappa shape index (κ3) is 6.48. The van der Waals surface area contributed by atoms with Crippen LogP contribution >= 0.6 is 34.8 Å². The van der Waals surface area contributed by atoms with Crippen molar-refractivity contribution in [3.05, 3.63) is 92.4 Å². The molecule has 0 aromatic heterocycles. The Labute approximate surface area is 234 Å². The van der Waals surface area contributed by atoms with Crippen LogP contribution in [0.1, 0.15) is 30.9 Å². The Bertz CT molecular complexity index is 1410. The highest BCUT2D eigenvalue weighted by molar-refractivity contribution is 6.39. The maximum Gasteiger partial charge on any atom is 0.335 e. The number of ether oxygens (including phenoxy) is 2. The lowest BCUT2D eigenvalue weighted by Gasteiger charge is -2.26. The number of nitrogens with zero attached hydrogens (tertiary/aromatic N) is 1. The summed E-state index contributed by atoms with van der Waals surface area (Å²) in [7, 11) is 0. The van der Waals surface area contributed by atoms with Crippen molar-refractivity contribution in [2.24, 2.45) is 0 Å². The second kappa shape index (κ2) is 12.3. The molecule has 1 N–H and O–H groups in total. The van der Waals surface area contributed by atoms with Gasteiger partial charge in [-0.1, -0.05) is 54.2 Å². The van der Waals surface area contributed by atoms with E-state index < -0.39 is 17.8 Å². The molecule has 1 heterocycles. The minimum Gasteiger partial charge on any atom is -0.494 e. The largest absolute Gasteiger partial charge is 0.494 e. The fraction of sp³-hybridized carbons (Fsp3) is 0.179. The molecule has 0 atom stereocenters. The van der Waals surface area contributed by atoms with Gasteiger partial charge in [-0.2, -0.15) is 0 Å². The summed E-state index contributed by atoms with van der Waals surface area (Å²) in [5.74, 6) is -0.654. The molecule has 0 radical (unpaired) electrons. The Balaban J connectivity index is 1.60.